The summed E-state index contributed by atoms with van der Waals surface area (Å²) in [6, 6.07) is 6.67. The highest BCUT2D eigenvalue weighted by Crippen LogP contribution is 2.14. The Morgan fingerprint density at radius 2 is 1.68 bits per heavy atom. The van der Waals surface area contributed by atoms with Crippen LogP contribution in [0.1, 0.15) is 23.7 Å². The van der Waals surface area contributed by atoms with Crippen LogP contribution in [0.15, 0.2) is 24.3 Å². The molecule has 5 heteroatoms. The third kappa shape index (κ3) is 4.46. The highest BCUT2D eigenvalue weighted by Gasteiger charge is 2.20. The normalized spacial score (nSPS) is 10.5. The van der Waals surface area contributed by atoms with E-state index in [2.05, 4.69) is 0 Å². The van der Waals surface area contributed by atoms with Gasteiger partial charge in [0.2, 0.25) is 6.29 Å². The highest BCUT2D eigenvalue weighted by molar-refractivity contribution is 6.08. The van der Waals surface area contributed by atoms with Crippen LogP contribution in [0.2, 0.25) is 0 Å². The van der Waals surface area contributed by atoms with Crippen molar-refractivity contribution >= 4 is 11.6 Å². The number of ketones is 2. The number of hydrogen-bond donors (Lipinski definition) is 0. The highest BCUT2D eigenvalue weighted by atomic mass is 16.7. The molecule has 0 aliphatic rings. The topological polar surface area (TPSA) is 61.8 Å². The minimum atomic E-state index is -0.994. The summed E-state index contributed by atoms with van der Waals surface area (Å²) >= 11 is 0. The first-order chi connectivity index (χ1) is 9.12. The van der Waals surface area contributed by atoms with E-state index in [4.69, 9.17) is 14.2 Å². The molecule has 0 fully saturated rings. The van der Waals surface area contributed by atoms with Crippen LogP contribution in [-0.4, -0.2) is 38.7 Å². The smallest absolute Gasteiger partial charge is 0.217 e. The molecule has 1 rings (SSSR count). The number of rotatable bonds is 8. The van der Waals surface area contributed by atoms with Gasteiger partial charge in [0.25, 0.3) is 0 Å². The summed E-state index contributed by atoms with van der Waals surface area (Å²) in [6.07, 6.45) is -1.24. The van der Waals surface area contributed by atoms with Crippen LogP contribution >= 0.6 is 0 Å². The summed E-state index contributed by atoms with van der Waals surface area (Å²) in [5.74, 6) is 0.0214. The van der Waals surface area contributed by atoms with Gasteiger partial charge in [-0.2, -0.15) is 0 Å². The van der Waals surface area contributed by atoms with E-state index in [9.17, 15) is 9.59 Å². The molecular weight excluding hydrogens is 248 g/mol. The SMILES string of the molecule is CCOc1ccc(C(=O)CC(=O)C(OC)OC)cc1. The zero-order chi connectivity index (χ0) is 14.3. The van der Waals surface area contributed by atoms with Crippen molar-refractivity contribution in [2.24, 2.45) is 0 Å². The molecular formula is C14H18O5. The van der Waals surface area contributed by atoms with Crippen molar-refractivity contribution in [2.75, 3.05) is 20.8 Å². The maximum atomic E-state index is 11.9. The third-order valence-electron chi connectivity index (χ3n) is 2.51. The predicted octanol–water partition coefficient (Wildman–Crippen LogP) is 1.85. The molecule has 0 aliphatic heterocycles. The van der Waals surface area contributed by atoms with Crippen molar-refractivity contribution in [3.8, 4) is 5.75 Å². The Balaban J connectivity index is 2.65. The van der Waals surface area contributed by atoms with Crippen molar-refractivity contribution in [3.05, 3.63) is 29.8 Å². The Labute approximate surface area is 112 Å². The fourth-order valence-corrected chi connectivity index (χ4v) is 1.61. The van der Waals surface area contributed by atoms with Gasteiger partial charge in [-0.05, 0) is 31.2 Å². The van der Waals surface area contributed by atoms with E-state index in [1.54, 1.807) is 24.3 Å². The number of methoxy groups -OCH3 is 2. The van der Waals surface area contributed by atoms with Crippen molar-refractivity contribution in [1.82, 2.24) is 0 Å². The fourth-order valence-electron chi connectivity index (χ4n) is 1.61. The van der Waals surface area contributed by atoms with Crippen molar-refractivity contribution in [3.63, 3.8) is 0 Å². The van der Waals surface area contributed by atoms with Gasteiger partial charge in [0, 0.05) is 19.8 Å². The standard InChI is InChI=1S/C14H18O5/c1-4-19-11-7-5-10(6-8-11)12(15)9-13(16)14(17-2)18-3/h5-8,14H,4,9H2,1-3H3. The Hall–Kier alpha value is -1.72. The number of benzene rings is 1. The van der Waals surface area contributed by atoms with Crippen molar-refractivity contribution in [1.29, 1.82) is 0 Å². The molecule has 0 saturated heterocycles. The minimum Gasteiger partial charge on any atom is -0.494 e. The molecule has 0 N–H and O–H groups in total. The van der Waals surface area contributed by atoms with Crippen molar-refractivity contribution < 1.29 is 23.8 Å². The molecule has 0 radical (unpaired) electrons. The first kappa shape index (κ1) is 15.3. The van der Waals surface area contributed by atoms with Gasteiger partial charge in [0.15, 0.2) is 11.6 Å². The average molecular weight is 266 g/mol. The van der Waals surface area contributed by atoms with Gasteiger partial charge < -0.3 is 14.2 Å². The molecule has 0 amide bonds. The number of carbonyl (C=O) groups excluding carboxylic acids is 2. The molecule has 0 saturated carbocycles. The van der Waals surface area contributed by atoms with E-state index in [0.29, 0.717) is 17.9 Å². The molecule has 1 aromatic carbocycles. The molecule has 0 spiro atoms. The summed E-state index contributed by atoms with van der Waals surface area (Å²) in [4.78, 5) is 23.6. The van der Waals surface area contributed by atoms with Crippen LogP contribution in [0.5, 0.6) is 5.75 Å². The summed E-state index contributed by atoms with van der Waals surface area (Å²) < 4.78 is 14.9. The molecule has 5 nitrogen and oxygen atoms in total. The van der Waals surface area contributed by atoms with E-state index in [-0.39, 0.29) is 12.2 Å². The first-order valence-electron chi connectivity index (χ1n) is 5.96. The van der Waals surface area contributed by atoms with E-state index in [0.717, 1.165) is 0 Å². The van der Waals surface area contributed by atoms with Crippen LogP contribution in [0.3, 0.4) is 0 Å². The number of hydrogen-bond acceptors (Lipinski definition) is 5. The van der Waals surface area contributed by atoms with Crippen LogP contribution < -0.4 is 4.74 Å². The molecule has 0 unspecified atom stereocenters. The number of carbonyl (C=O) groups is 2. The van der Waals surface area contributed by atoms with Crippen LogP contribution in [0, 0.1) is 0 Å². The van der Waals surface area contributed by atoms with Crippen LogP contribution in [0.4, 0.5) is 0 Å². The molecule has 0 bridgehead atoms. The molecule has 1 aromatic rings. The Kier molecular flexibility index (Phi) is 6.18. The summed E-state index contributed by atoms with van der Waals surface area (Å²) in [6.45, 7) is 2.45. The Morgan fingerprint density at radius 1 is 1.11 bits per heavy atom. The van der Waals surface area contributed by atoms with E-state index >= 15 is 0 Å². The van der Waals surface area contributed by atoms with Gasteiger partial charge in [-0.3, -0.25) is 9.59 Å². The lowest BCUT2D eigenvalue weighted by Gasteiger charge is -2.11. The lowest BCUT2D eigenvalue weighted by molar-refractivity contribution is -0.155. The van der Waals surface area contributed by atoms with Crippen LogP contribution in [0.25, 0.3) is 0 Å². The molecule has 0 aliphatic carbocycles. The predicted molar refractivity (Wildman–Crippen MR) is 69.4 cm³/mol. The maximum absolute atomic E-state index is 11.9. The van der Waals surface area contributed by atoms with Gasteiger partial charge in [-0.15, -0.1) is 0 Å². The number of ether oxygens (including phenoxy) is 3. The summed E-state index contributed by atoms with van der Waals surface area (Å²) in [5, 5.41) is 0. The van der Waals surface area contributed by atoms with Gasteiger partial charge in [-0.25, -0.2) is 0 Å². The van der Waals surface area contributed by atoms with Crippen molar-refractivity contribution in [2.45, 2.75) is 19.6 Å². The zero-order valence-electron chi connectivity index (χ0n) is 11.3. The number of Topliss-reactive ketones (excluding diaryl/α,β-unsaturated/α-hetero) is 2. The Bertz CT molecular complexity index is 420. The first-order valence-corrected chi connectivity index (χ1v) is 5.96. The molecule has 104 valence electrons. The third-order valence-corrected chi connectivity index (χ3v) is 2.51. The summed E-state index contributed by atoms with van der Waals surface area (Å²) in [5.41, 5.74) is 0.461. The second-order valence-electron chi connectivity index (χ2n) is 3.83. The van der Waals surface area contributed by atoms with Gasteiger partial charge in [0.05, 0.1) is 13.0 Å². The van der Waals surface area contributed by atoms with E-state index < -0.39 is 12.1 Å². The lowest BCUT2D eigenvalue weighted by Crippen LogP contribution is -2.27. The monoisotopic (exact) mass is 266 g/mol. The molecule has 0 atom stereocenters. The summed E-state index contributed by atoms with van der Waals surface area (Å²) in [7, 11) is 2.71. The fraction of sp³-hybridized carbons (Fsp3) is 0.429. The van der Waals surface area contributed by atoms with E-state index in [1.165, 1.54) is 14.2 Å². The largest absolute Gasteiger partial charge is 0.494 e. The van der Waals surface area contributed by atoms with Gasteiger partial charge >= 0.3 is 0 Å². The quantitative estimate of drug-likeness (QED) is 0.408. The average Bonchev–Trinajstić information content (AvgIpc) is 2.41. The molecule has 19 heavy (non-hydrogen) atoms. The molecule has 0 aromatic heterocycles. The second-order valence-corrected chi connectivity index (χ2v) is 3.83. The van der Waals surface area contributed by atoms with Gasteiger partial charge in [0.1, 0.15) is 5.75 Å². The van der Waals surface area contributed by atoms with E-state index in [1.807, 2.05) is 6.92 Å². The van der Waals surface area contributed by atoms with Crippen LogP contribution in [-0.2, 0) is 14.3 Å². The Morgan fingerprint density at radius 3 is 2.16 bits per heavy atom. The molecule has 0 heterocycles. The zero-order valence-corrected chi connectivity index (χ0v) is 11.3. The minimum absolute atomic E-state index is 0.250. The maximum Gasteiger partial charge on any atom is 0.217 e. The van der Waals surface area contributed by atoms with Gasteiger partial charge in [-0.1, -0.05) is 0 Å². The second kappa shape index (κ2) is 7.66. The lowest BCUT2D eigenvalue weighted by atomic mass is 10.1.